The number of phosphoric acid groups is 1. The lowest BCUT2D eigenvalue weighted by Gasteiger charge is -2.58. The van der Waals surface area contributed by atoms with Crippen LogP contribution in [0.1, 0.15) is 116 Å². The summed E-state index contributed by atoms with van der Waals surface area (Å²) in [6.45, 7) is 3.27. The molecule has 0 aromatic carbocycles. The standard InChI is InChI=1S/C24H49NO4P/c1-5-6-7-8-9-10-11-12-13-14-15-16-17-18-20-23-21-19-22-25(2,3)24(23)28-30(26,27-4)29-24/h23H,5-22H2,1-4H3/q+1. The number of likely N-dealkylation sites (tertiary alicyclic amines) is 1. The van der Waals surface area contributed by atoms with Gasteiger partial charge in [0.25, 0.3) is 0 Å². The minimum Gasteiger partial charge on any atom is -0.290 e. The molecule has 0 aliphatic carbocycles. The molecule has 2 fully saturated rings. The minimum atomic E-state index is -3.31. The Morgan fingerprint density at radius 3 is 1.80 bits per heavy atom. The van der Waals surface area contributed by atoms with Crippen LogP contribution in [-0.2, 0) is 18.1 Å². The predicted molar refractivity (Wildman–Crippen MR) is 124 cm³/mol. The Balaban J connectivity index is 1.52. The van der Waals surface area contributed by atoms with Crippen LogP contribution in [0.15, 0.2) is 0 Å². The lowest BCUT2D eigenvalue weighted by atomic mass is 9.87. The maximum Gasteiger partial charge on any atom is 0.488 e. The van der Waals surface area contributed by atoms with Gasteiger partial charge in [0.1, 0.15) is 0 Å². The molecule has 178 valence electrons. The summed E-state index contributed by atoms with van der Waals surface area (Å²) in [5.74, 6) is -0.462. The average Bonchev–Trinajstić information content (AvgIpc) is 2.69. The SMILES string of the molecule is CCCCCCCCCCCCCCCCC1CCC[N+](C)(C)C12OP(=O)(OC)O2. The van der Waals surface area contributed by atoms with Crippen molar-refractivity contribution >= 4 is 7.82 Å². The molecule has 1 spiro atoms. The van der Waals surface area contributed by atoms with Crippen molar-refractivity contribution in [3.8, 4) is 0 Å². The van der Waals surface area contributed by atoms with Crippen molar-refractivity contribution in [1.82, 2.24) is 0 Å². The molecule has 2 aliphatic rings. The Morgan fingerprint density at radius 2 is 1.33 bits per heavy atom. The number of unbranched alkanes of at least 4 members (excludes halogenated alkanes) is 13. The summed E-state index contributed by atoms with van der Waals surface area (Å²) in [5, 5.41) is 0. The highest BCUT2D eigenvalue weighted by atomic mass is 31.2. The Hall–Kier alpha value is 0.0700. The Labute approximate surface area is 186 Å². The van der Waals surface area contributed by atoms with Gasteiger partial charge in [-0.05, 0) is 19.3 Å². The fourth-order valence-corrected chi connectivity index (χ4v) is 6.79. The quantitative estimate of drug-likeness (QED) is 0.138. The van der Waals surface area contributed by atoms with Gasteiger partial charge < -0.3 is 0 Å². The third kappa shape index (κ3) is 7.30. The number of hydrogen-bond acceptors (Lipinski definition) is 4. The molecule has 0 aromatic rings. The zero-order chi connectivity index (χ0) is 21.9. The topological polar surface area (TPSA) is 44.8 Å². The Kier molecular flexibility index (Phi) is 11.4. The van der Waals surface area contributed by atoms with E-state index in [-0.39, 0.29) is 0 Å². The lowest BCUT2D eigenvalue weighted by molar-refractivity contribution is -1.01. The Bertz CT molecular complexity index is 515. The highest BCUT2D eigenvalue weighted by molar-refractivity contribution is 7.49. The van der Waals surface area contributed by atoms with E-state index in [0.717, 1.165) is 19.4 Å². The van der Waals surface area contributed by atoms with Crippen LogP contribution >= 0.6 is 7.82 Å². The molecule has 0 amide bonds. The van der Waals surface area contributed by atoms with Gasteiger partial charge in [0, 0.05) is 7.11 Å². The molecule has 0 saturated carbocycles. The number of piperidine rings is 1. The molecule has 30 heavy (non-hydrogen) atoms. The first-order valence-corrected chi connectivity index (χ1v) is 14.3. The number of phosphoric ester groups is 1. The van der Waals surface area contributed by atoms with Gasteiger partial charge in [0.2, 0.25) is 0 Å². The van der Waals surface area contributed by atoms with Crippen molar-refractivity contribution in [2.75, 3.05) is 27.7 Å². The van der Waals surface area contributed by atoms with E-state index in [0.29, 0.717) is 10.4 Å². The molecule has 1 unspecified atom stereocenters. The van der Waals surface area contributed by atoms with E-state index in [1.807, 2.05) is 0 Å². The molecule has 2 rings (SSSR count). The summed E-state index contributed by atoms with van der Waals surface area (Å²) in [6.07, 6.45) is 22.6. The molecule has 6 heteroatoms. The Morgan fingerprint density at radius 1 is 0.867 bits per heavy atom. The van der Waals surface area contributed by atoms with Gasteiger partial charge in [-0.2, -0.15) is 0 Å². The van der Waals surface area contributed by atoms with Gasteiger partial charge in [-0.15, -0.1) is 0 Å². The maximum absolute atomic E-state index is 12.3. The zero-order valence-corrected chi connectivity index (χ0v) is 21.2. The fourth-order valence-electron chi connectivity index (χ4n) is 5.25. The second-order valence-corrected chi connectivity index (χ2v) is 11.7. The monoisotopic (exact) mass is 446 g/mol. The van der Waals surface area contributed by atoms with Crippen molar-refractivity contribution in [1.29, 1.82) is 0 Å². The van der Waals surface area contributed by atoms with Crippen molar-refractivity contribution < 1.29 is 22.6 Å². The first-order valence-electron chi connectivity index (χ1n) is 12.8. The molecule has 2 aliphatic heterocycles. The number of hydrogen-bond donors (Lipinski definition) is 0. The predicted octanol–water partition coefficient (Wildman–Crippen LogP) is 7.80. The molecule has 2 saturated heterocycles. The molecule has 0 radical (unpaired) electrons. The number of quaternary nitrogens is 1. The minimum absolute atomic E-state index is 0.302. The second kappa shape index (κ2) is 12.9. The van der Waals surface area contributed by atoms with Gasteiger partial charge in [-0.3, -0.25) is 9.01 Å². The van der Waals surface area contributed by atoms with E-state index in [2.05, 4.69) is 21.0 Å². The van der Waals surface area contributed by atoms with Gasteiger partial charge >= 0.3 is 13.7 Å². The molecular formula is C24H49NO4P+. The zero-order valence-electron chi connectivity index (χ0n) is 20.3. The van der Waals surface area contributed by atoms with Crippen LogP contribution < -0.4 is 0 Å². The van der Waals surface area contributed by atoms with Crippen LogP contribution in [-0.4, -0.2) is 38.1 Å². The largest absolute Gasteiger partial charge is 0.488 e. The van der Waals surface area contributed by atoms with E-state index in [1.54, 1.807) is 0 Å². The smallest absolute Gasteiger partial charge is 0.290 e. The highest BCUT2D eigenvalue weighted by Crippen LogP contribution is 2.70. The van der Waals surface area contributed by atoms with Crippen molar-refractivity contribution in [3.05, 3.63) is 0 Å². The lowest BCUT2D eigenvalue weighted by Crippen LogP contribution is -2.71. The maximum atomic E-state index is 12.3. The molecule has 0 N–H and O–H groups in total. The molecule has 1 atom stereocenters. The van der Waals surface area contributed by atoms with Crippen LogP contribution in [0.5, 0.6) is 0 Å². The molecular weight excluding hydrogens is 397 g/mol. The third-order valence-electron chi connectivity index (χ3n) is 7.24. The number of rotatable bonds is 16. The highest BCUT2D eigenvalue weighted by Gasteiger charge is 2.71. The van der Waals surface area contributed by atoms with E-state index in [9.17, 15) is 4.57 Å². The van der Waals surface area contributed by atoms with Gasteiger partial charge in [0.15, 0.2) is 0 Å². The van der Waals surface area contributed by atoms with Gasteiger partial charge in [-0.1, -0.05) is 96.8 Å². The molecule has 2 heterocycles. The third-order valence-corrected chi connectivity index (χ3v) is 8.66. The van der Waals surface area contributed by atoms with Crippen LogP contribution in [0.4, 0.5) is 0 Å². The normalized spacial score (nSPS) is 30.5. The van der Waals surface area contributed by atoms with E-state index < -0.39 is 13.7 Å². The summed E-state index contributed by atoms with van der Waals surface area (Å²) in [6, 6.07) is 0. The summed E-state index contributed by atoms with van der Waals surface area (Å²) < 4.78 is 29.6. The fraction of sp³-hybridized carbons (Fsp3) is 1.00. The van der Waals surface area contributed by atoms with Crippen molar-refractivity contribution in [2.45, 2.75) is 122 Å². The number of nitrogens with zero attached hydrogens (tertiary/aromatic N) is 1. The van der Waals surface area contributed by atoms with Crippen LogP contribution in [0, 0.1) is 5.92 Å². The summed E-state index contributed by atoms with van der Waals surface area (Å²) in [7, 11) is 2.33. The average molecular weight is 447 g/mol. The van der Waals surface area contributed by atoms with E-state index >= 15 is 0 Å². The first-order chi connectivity index (χ1) is 14.4. The summed E-state index contributed by atoms with van der Waals surface area (Å²) in [5.41, 5.74) is 0. The summed E-state index contributed by atoms with van der Waals surface area (Å²) in [4.78, 5) is 0. The van der Waals surface area contributed by atoms with Crippen molar-refractivity contribution in [2.24, 2.45) is 5.92 Å². The molecule has 0 bridgehead atoms. The van der Waals surface area contributed by atoms with E-state index in [4.69, 9.17) is 13.6 Å². The van der Waals surface area contributed by atoms with Crippen LogP contribution in [0.2, 0.25) is 0 Å². The molecule has 0 aromatic heterocycles. The first kappa shape index (κ1) is 26.3. The van der Waals surface area contributed by atoms with Crippen molar-refractivity contribution in [3.63, 3.8) is 0 Å². The van der Waals surface area contributed by atoms with Gasteiger partial charge in [-0.25, -0.2) is 13.6 Å². The molecule has 5 nitrogen and oxygen atoms in total. The van der Waals surface area contributed by atoms with Gasteiger partial charge in [0.05, 0.1) is 26.6 Å². The second-order valence-electron chi connectivity index (χ2n) is 10.1. The van der Waals surface area contributed by atoms with E-state index in [1.165, 1.54) is 103 Å². The van der Waals surface area contributed by atoms with Crippen LogP contribution in [0.25, 0.3) is 0 Å². The van der Waals surface area contributed by atoms with Crippen LogP contribution in [0.3, 0.4) is 0 Å². The summed E-state index contributed by atoms with van der Waals surface area (Å²) >= 11 is 0.